The highest BCUT2D eigenvalue weighted by Crippen LogP contribution is 2.14. The Kier molecular flexibility index (Phi) is 6.25. The Hall–Kier alpha value is -1.52. The molecule has 0 aliphatic heterocycles. The van der Waals surface area contributed by atoms with E-state index in [0.717, 1.165) is 19.4 Å². The van der Waals surface area contributed by atoms with Gasteiger partial charge in [-0.1, -0.05) is 20.3 Å². The molecule has 0 amide bonds. The minimum atomic E-state index is -0.533. The van der Waals surface area contributed by atoms with Crippen LogP contribution >= 0.6 is 0 Å². The summed E-state index contributed by atoms with van der Waals surface area (Å²) in [5, 5.41) is 4.16. The number of ether oxygens (including phenoxy) is 2. The summed E-state index contributed by atoms with van der Waals surface area (Å²) in [6, 6.07) is 0. The highest BCUT2D eigenvalue weighted by molar-refractivity contribution is 5.75. The Bertz CT molecular complexity index is 363. The summed E-state index contributed by atoms with van der Waals surface area (Å²) in [6.07, 6.45) is 5.44. The molecule has 5 heteroatoms. The maximum Gasteiger partial charge on any atom is 0.347 e. The van der Waals surface area contributed by atoms with Crippen LogP contribution in [0.15, 0.2) is 12.4 Å². The third-order valence-corrected chi connectivity index (χ3v) is 2.44. The van der Waals surface area contributed by atoms with E-state index < -0.39 is 6.10 Å². The second-order valence-electron chi connectivity index (χ2n) is 4.09. The van der Waals surface area contributed by atoms with E-state index in [1.165, 1.54) is 0 Å². The summed E-state index contributed by atoms with van der Waals surface area (Å²) < 4.78 is 12.4. The molecule has 1 aromatic rings. The Morgan fingerprint density at radius 3 is 2.78 bits per heavy atom. The lowest BCUT2D eigenvalue weighted by atomic mass is 10.2. The first kappa shape index (κ1) is 14.5. The first-order chi connectivity index (χ1) is 8.71. The Morgan fingerprint density at radius 1 is 1.39 bits per heavy atom. The summed E-state index contributed by atoms with van der Waals surface area (Å²) in [5.74, 6) is 0.317. The number of hydrogen-bond donors (Lipinski definition) is 0. The van der Waals surface area contributed by atoms with Gasteiger partial charge in [0.2, 0.25) is 0 Å². The summed E-state index contributed by atoms with van der Waals surface area (Å²) in [7, 11) is 0. The molecule has 1 rings (SSSR count). The van der Waals surface area contributed by atoms with E-state index in [-0.39, 0.29) is 5.97 Å². The van der Waals surface area contributed by atoms with Crippen molar-refractivity contribution in [3.8, 4) is 5.75 Å². The number of aromatic nitrogens is 2. The number of carbonyl (C=O) groups excluding carboxylic acids is 1. The fraction of sp³-hybridized carbons (Fsp3) is 0.692. The predicted molar refractivity (Wildman–Crippen MR) is 68.5 cm³/mol. The van der Waals surface area contributed by atoms with Gasteiger partial charge in [-0.25, -0.2) is 4.79 Å². The van der Waals surface area contributed by atoms with Gasteiger partial charge in [0, 0.05) is 6.54 Å². The van der Waals surface area contributed by atoms with Gasteiger partial charge in [0.1, 0.15) is 0 Å². The van der Waals surface area contributed by atoms with Gasteiger partial charge < -0.3 is 9.47 Å². The average Bonchev–Trinajstić information content (AvgIpc) is 2.77. The van der Waals surface area contributed by atoms with Crippen LogP contribution in [0.25, 0.3) is 0 Å². The third-order valence-electron chi connectivity index (χ3n) is 2.44. The monoisotopic (exact) mass is 254 g/mol. The minimum absolute atomic E-state index is 0.303. The van der Waals surface area contributed by atoms with Crippen LogP contribution in [0.5, 0.6) is 5.75 Å². The van der Waals surface area contributed by atoms with Crippen LogP contribution in [0.1, 0.15) is 40.0 Å². The molecule has 1 unspecified atom stereocenters. The summed E-state index contributed by atoms with van der Waals surface area (Å²) >= 11 is 0. The molecule has 0 saturated heterocycles. The van der Waals surface area contributed by atoms with E-state index in [2.05, 4.69) is 12.0 Å². The van der Waals surface area contributed by atoms with Crippen LogP contribution in [-0.4, -0.2) is 28.5 Å². The van der Waals surface area contributed by atoms with E-state index in [1.54, 1.807) is 13.1 Å². The molecule has 102 valence electrons. The van der Waals surface area contributed by atoms with Gasteiger partial charge in [-0.05, 0) is 19.8 Å². The van der Waals surface area contributed by atoms with Crippen LogP contribution in [0.2, 0.25) is 0 Å². The lowest BCUT2D eigenvalue weighted by molar-refractivity contribution is -0.151. The van der Waals surface area contributed by atoms with E-state index in [0.29, 0.717) is 18.8 Å². The Balaban J connectivity index is 2.60. The van der Waals surface area contributed by atoms with Crippen LogP contribution in [0, 0.1) is 0 Å². The van der Waals surface area contributed by atoms with Crippen molar-refractivity contribution in [2.45, 2.75) is 52.7 Å². The first-order valence-corrected chi connectivity index (χ1v) is 6.56. The normalized spacial score (nSPS) is 12.2. The summed E-state index contributed by atoms with van der Waals surface area (Å²) in [5.41, 5.74) is 0. The molecule has 0 aromatic carbocycles. The third kappa shape index (κ3) is 4.39. The highest BCUT2D eigenvalue weighted by atomic mass is 16.6. The molecular weight excluding hydrogens is 232 g/mol. The van der Waals surface area contributed by atoms with Crippen molar-refractivity contribution in [2.24, 2.45) is 0 Å². The summed E-state index contributed by atoms with van der Waals surface area (Å²) in [4.78, 5) is 11.7. The number of carbonyl (C=O) groups is 1. The van der Waals surface area contributed by atoms with Crippen LogP contribution in [0.3, 0.4) is 0 Å². The van der Waals surface area contributed by atoms with Crippen molar-refractivity contribution < 1.29 is 14.3 Å². The summed E-state index contributed by atoms with van der Waals surface area (Å²) in [6.45, 7) is 7.11. The SMILES string of the molecule is CCCC(Oc1cnn(CCC)c1)C(=O)OCC. The number of aryl methyl sites for hydroxylation is 1. The first-order valence-electron chi connectivity index (χ1n) is 6.56. The molecule has 0 aliphatic carbocycles. The molecule has 0 saturated carbocycles. The molecule has 1 aromatic heterocycles. The lowest BCUT2D eigenvalue weighted by Gasteiger charge is -2.15. The molecule has 0 N–H and O–H groups in total. The molecule has 0 fully saturated rings. The molecule has 0 aliphatic rings. The minimum Gasteiger partial charge on any atom is -0.475 e. The fourth-order valence-corrected chi connectivity index (χ4v) is 1.64. The predicted octanol–water partition coefficient (Wildman–Crippen LogP) is 2.40. The zero-order chi connectivity index (χ0) is 13.4. The fourth-order valence-electron chi connectivity index (χ4n) is 1.64. The highest BCUT2D eigenvalue weighted by Gasteiger charge is 2.21. The second-order valence-corrected chi connectivity index (χ2v) is 4.09. The van der Waals surface area contributed by atoms with Crippen LogP contribution < -0.4 is 4.74 Å². The second kappa shape index (κ2) is 7.74. The molecule has 0 spiro atoms. The van der Waals surface area contributed by atoms with Gasteiger partial charge in [-0.15, -0.1) is 0 Å². The molecular formula is C13H22N2O3. The van der Waals surface area contributed by atoms with Crippen molar-refractivity contribution in [1.29, 1.82) is 0 Å². The van der Waals surface area contributed by atoms with Crippen molar-refractivity contribution in [3.63, 3.8) is 0 Å². The topological polar surface area (TPSA) is 53.4 Å². The molecule has 1 heterocycles. The molecule has 18 heavy (non-hydrogen) atoms. The molecule has 1 atom stereocenters. The van der Waals surface area contributed by atoms with Gasteiger partial charge in [0.25, 0.3) is 0 Å². The van der Waals surface area contributed by atoms with Gasteiger partial charge in [0.05, 0.1) is 19.0 Å². The largest absolute Gasteiger partial charge is 0.475 e. The van der Waals surface area contributed by atoms with Gasteiger partial charge in [-0.3, -0.25) is 4.68 Å². The quantitative estimate of drug-likeness (QED) is 0.668. The van der Waals surface area contributed by atoms with Crippen molar-refractivity contribution in [1.82, 2.24) is 9.78 Å². The van der Waals surface area contributed by atoms with Gasteiger partial charge in [-0.2, -0.15) is 5.10 Å². The van der Waals surface area contributed by atoms with Gasteiger partial charge in [0.15, 0.2) is 11.9 Å². The smallest absolute Gasteiger partial charge is 0.347 e. The maximum atomic E-state index is 11.7. The number of hydrogen-bond acceptors (Lipinski definition) is 4. The zero-order valence-electron chi connectivity index (χ0n) is 11.4. The van der Waals surface area contributed by atoms with Crippen LogP contribution in [-0.2, 0) is 16.1 Å². The lowest BCUT2D eigenvalue weighted by Crippen LogP contribution is -2.29. The van der Waals surface area contributed by atoms with Crippen molar-refractivity contribution >= 4 is 5.97 Å². The van der Waals surface area contributed by atoms with Crippen LogP contribution in [0.4, 0.5) is 0 Å². The molecule has 0 radical (unpaired) electrons. The standard InChI is InChI=1S/C13H22N2O3/c1-4-7-12(13(16)17-6-3)18-11-9-14-15(10-11)8-5-2/h9-10,12H,4-8H2,1-3H3. The van der Waals surface area contributed by atoms with Gasteiger partial charge >= 0.3 is 5.97 Å². The Morgan fingerprint density at radius 2 is 2.17 bits per heavy atom. The number of esters is 1. The van der Waals surface area contributed by atoms with Crippen molar-refractivity contribution in [2.75, 3.05) is 6.61 Å². The van der Waals surface area contributed by atoms with Crippen molar-refractivity contribution in [3.05, 3.63) is 12.4 Å². The zero-order valence-corrected chi connectivity index (χ0v) is 11.4. The molecule has 0 bridgehead atoms. The number of nitrogens with zero attached hydrogens (tertiary/aromatic N) is 2. The van der Waals surface area contributed by atoms with E-state index >= 15 is 0 Å². The maximum absolute atomic E-state index is 11.7. The number of rotatable bonds is 8. The molecule has 5 nitrogen and oxygen atoms in total. The van der Waals surface area contributed by atoms with E-state index in [1.807, 2.05) is 17.8 Å². The average molecular weight is 254 g/mol. The van der Waals surface area contributed by atoms with E-state index in [4.69, 9.17) is 9.47 Å². The Labute approximate surface area is 108 Å². The van der Waals surface area contributed by atoms with E-state index in [9.17, 15) is 4.79 Å².